The molecule has 1 aromatic heterocycles. The molecule has 1 amide bonds. The van der Waals surface area contributed by atoms with Gasteiger partial charge in [-0.25, -0.2) is 9.66 Å². The van der Waals surface area contributed by atoms with Gasteiger partial charge in [0.2, 0.25) is 5.91 Å². The molecule has 0 spiro atoms. The first-order valence-electron chi connectivity index (χ1n) is 7.44. The number of benzene rings is 2. The topological polar surface area (TPSA) is 90.0 Å². The van der Waals surface area contributed by atoms with E-state index in [2.05, 4.69) is 10.4 Å². The Morgan fingerprint density at radius 3 is 2.62 bits per heavy atom. The summed E-state index contributed by atoms with van der Waals surface area (Å²) in [6.45, 7) is -0.00880. The molecule has 0 bridgehead atoms. The molecule has 0 saturated carbocycles. The number of aromatic nitrogens is 2. The van der Waals surface area contributed by atoms with Gasteiger partial charge in [-0.2, -0.15) is 0 Å². The second kappa shape index (κ2) is 6.68. The van der Waals surface area contributed by atoms with Crippen molar-refractivity contribution in [1.82, 2.24) is 9.66 Å². The van der Waals surface area contributed by atoms with Crippen LogP contribution in [-0.4, -0.2) is 23.4 Å². The largest absolute Gasteiger partial charge is 0.324 e. The minimum Gasteiger partial charge on any atom is -0.324 e. The molecule has 2 radical (unpaired) electrons. The minimum absolute atomic E-state index is 0.00880. The summed E-state index contributed by atoms with van der Waals surface area (Å²) in [5.74, 6) is -0.0881. The van der Waals surface area contributed by atoms with E-state index in [9.17, 15) is 9.59 Å². The zero-order valence-electron chi connectivity index (χ0n) is 12.9. The molecule has 0 atom stereocenters. The third kappa shape index (κ3) is 3.07. The molecule has 0 saturated heterocycles. The molecule has 118 valence electrons. The molecule has 3 aromatic rings. The number of hydrogen-bond acceptors (Lipinski definition) is 4. The summed E-state index contributed by atoms with van der Waals surface area (Å²) in [6.07, 6.45) is 0.145. The van der Waals surface area contributed by atoms with E-state index in [1.165, 1.54) is 0 Å². The van der Waals surface area contributed by atoms with Gasteiger partial charge in [-0.05, 0) is 11.6 Å². The summed E-state index contributed by atoms with van der Waals surface area (Å²) < 4.78 is 1.09. The standard InChI is InChI=1S/C17H15BN4O2/c18-13-8-4-7-12-16(13)20-14(10-19)22(17(12)24)21-15(23)9-11-5-2-1-3-6-11/h1-8H,9-10,19H2,(H,21,23). The summed E-state index contributed by atoms with van der Waals surface area (Å²) in [5, 5.41) is 0.326. The molecule has 3 rings (SSSR count). The first kappa shape index (κ1) is 16.0. The molecule has 1 heterocycles. The van der Waals surface area contributed by atoms with Crippen molar-refractivity contribution in [2.45, 2.75) is 13.0 Å². The van der Waals surface area contributed by atoms with Crippen molar-refractivity contribution in [3.63, 3.8) is 0 Å². The number of nitrogens with one attached hydrogen (secondary N) is 1. The number of para-hydroxylation sites is 1. The van der Waals surface area contributed by atoms with Crippen LogP contribution in [0.2, 0.25) is 0 Å². The van der Waals surface area contributed by atoms with E-state index in [1.54, 1.807) is 18.2 Å². The summed E-state index contributed by atoms with van der Waals surface area (Å²) >= 11 is 0. The number of nitrogens with two attached hydrogens (primary N) is 1. The van der Waals surface area contributed by atoms with Crippen LogP contribution in [-0.2, 0) is 17.8 Å². The van der Waals surface area contributed by atoms with Gasteiger partial charge in [0, 0.05) is 0 Å². The van der Waals surface area contributed by atoms with Gasteiger partial charge in [0.15, 0.2) is 0 Å². The molecule has 2 aromatic carbocycles. The van der Waals surface area contributed by atoms with Gasteiger partial charge in [-0.15, -0.1) is 0 Å². The SMILES string of the molecule is [B]c1cccc2c(=O)n(NC(=O)Cc3ccccc3)c(CN)nc12. The molecule has 6 nitrogen and oxygen atoms in total. The van der Waals surface area contributed by atoms with Crippen molar-refractivity contribution in [1.29, 1.82) is 0 Å². The van der Waals surface area contributed by atoms with Crippen LogP contribution in [0.15, 0.2) is 53.3 Å². The second-order valence-electron chi connectivity index (χ2n) is 5.31. The lowest BCUT2D eigenvalue weighted by atomic mass is 9.93. The van der Waals surface area contributed by atoms with Crippen LogP contribution in [0.3, 0.4) is 0 Å². The Balaban J connectivity index is 1.98. The van der Waals surface area contributed by atoms with E-state index < -0.39 is 5.56 Å². The fourth-order valence-corrected chi connectivity index (χ4v) is 2.47. The monoisotopic (exact) mass is 318 g/mol. The van der Waals surface area contributed by atoms with Gasteiger partial charge in [0.1, 0.15) is 13.7 Å². The van der Waals surface area contributed by atoms with Crippen molar-refractivity contribution < 1.29 is 4.79 Å². The third-order valence-electron chi connectivity index (χ3n) is 3.63. The van der Waals surface area contributed by atoms with Crippen molar-refractivity contribution in [2.75, 3.05) is 5.43 Å². The molecule has 0 aliphatic carbocycles. The molecule has 0 aliphatic heterocycles. The number of amides is 1. The summed E-state index contributed by atoms with van der Waals surface area (Å²) in [6, 6.07) is 14.2. The summed E-state index contributed by atoms with van der Waals surface area (Å²) in [7, 11) is 5.86. The van der Waals surface area contributed by atoms with E-state index in [0.29, 0.717) is 16.4 Å². The Hall–Kier alpha value is -2.93. The zero-order valence-corrected chi connectivity index (χ0v) is 12.9. The van der Waals surface area contributed by atoms with Crippen LogP contribution in [0.4, 0.5) is 0 Å². The van der Waals surface area contributed by atoms with Gasteiger partial charge < -0.3 is 5.73 Å². The highest BCUT2D eigenvalue weighted by Crippen LogP contribution is 2.05. The number of carbonyl (C=O) groups excluding carboxylic acids is 1. The summed E-state index contributed by atoms with van der Waals surface area (Å²) in [4.78, 5) is 29.2. The normalized spacial score (nSPS) is 10.7. The van der Waals surface area contributed by atoms with E-state index >= 15 is 0 Å². The third-order valence-corrected chi connectivity index (χ3v) is 3.63. The molecule has 24 heavy (non-hydrogen) atoms. The highest BCUT2D eigenvalue weighted by molar-refractivity contribution is 6.38. The first-order chi connectivity index (χ1) is 11.6. The smallest absolute Gasteiger partial charge is 0.280 e. The highest BCUT2D eigenvalue weighted by atomic mass is 16.2. The van der Waals surface area contributed by atoms with E-state index in [1.807, 2.05) is 30.3 Å². The van der Waals surface area contributed by atoms with Gasteiger partial charge in [0.05, 0.1) is 23.9 Å². The van der Waals surface area contributed by atoms with Gasteiger partial charge in [-0.3, -0.25) is 15.0 Å². The molecule has 7 heteroatoms. The second-order valence-corrected chi connectivity index (χ2v) is 5.31. The highest BCUT2D eigenvalue weighted by Gasteiger charge is 2.13. The molecule has 0 unspecified atom stereocenters. The van der Waals surface area contributed by atoms with Crippen molar-refractivity contribution in [3.8, 4) is 0 Å². The first-order valence-corrected chi connectivity index (χ1v) is 7.44. The lowest BCUT2D eigenvalue weighted by Gasteiger charge is -2.14. The maximum Gasteiger partial charge on any atom is 0.280 e. The predicted octanol–water partition coefficient (Wildman–Crippen LogP) is -0.0382. The maximum atomic E-state index is 12.6. The lowest BCUT2D eigenvalue weighted by Crippen LogP contribution is -2.38. The van der Waals surface area contributed by atoms with Crippen LogP contribution in [0.25, 0.3) is 10.9 Å². The number of nitrogens with zero attached hydrogens (tertiary/aromatic N) is 2. The average molecular weight is 318 g/mol. The maximum absolute atomic E-state index is 12.6. The number of carbonyl (C=O) groups is 1. The van der Waals surface area contributed by atoms with Crippen LogP contribution < -0.4 is 22.2 Å². The fraction of sp³-hybridized carbons (Fsp3) is 0.118. The Morgan fingerprint density at radius 1 is 1.17 bits per heavy atom. The Kier molecular flexibility index (Phi) is 4.44. The van der Waals surface area contributed by atoms with Crippen LogP contribution in [0.1, 0.15) is 11.4 Å². The van der Waals surface area contributed by atoms with Gasteiger partial charge >= 0.3 is 0 Å². The Labute approximate surface area is 139 Å². The molecular formula is C17H15BN4O2. The van der Waals surface area contributed by atoms with E-state index in [0.717, 1.165) is 10.2 Å². The van der Waals surface area contributed by atoms with Gasteiger partial charge in [0.25, 0.3) is 5.56 Å². The minimum atomic E-state index is -0.408. The molecule has 0 aliphatic rings. The number of rotatable bonds is 4. The number of hydrogen-bond donors (Lipinski definition) is 2. The van der Waals surface area contributed by atoms with Crippen molar-refractivity contribution in [2.24, 2.45) is 5.73 Å². The van der Waals surface area contributed by atoms with Crippen LogP contribution in [0, 0.1) is 0 Å². The summed E-state index contributed by atoms with van der Waals surface area (Å²) in [5.41, 5.74) is 9.46. The quantitative estimate of drug-likeness (QED) is 0.661. The van der Waals surface area contributed by atoms with Crippen molar-refractivity contribution >= 4 is 30.1 Å². The van der Waals surface area contributed by atoms with Gasteiger partial charge in [-0.1, -0.05) is 47.9 Å². The average Bonchev–Trinajstić information content (AvgIpc) is 2.58. The van der Waals surface area contributed by atoms with Crippen LogP contribution >= 0.6 is 0 Å². The predicted molar refractivity (Wildman–Crippen MR) is 93.8 cm³/mol. The van der Waals surface area contributed by atoms with E-state index in [4.69, 9.17) is 13.6 Å². The lowest BCUT2D eigenvalue weighted by molar-refractivity contribution is -0.116. The number of fused-ring (bicyclic) bond motifs is 1. The zero-order chi connectivity index (χ0) is 17.1. The molecule has 0 fully saturated rings. The van der Waals surface area contributed by atoms with Crippen LogP contribution in [0.5, 0.6) is 0 Å². The molecule has 3 N–H and O–H groups in total. The van der Waals surface area contributed by atoms with E-state index in [-0.39, 0.29) is 24.7 Å². The molecular weight excluding hydrogens is 303 g/mol. The Morgan fingerprint density at radius 2 is 1.92 bits per heavy atom. The Bertz CT molecular complexity index is 954. The van der Waals surface area contributed by atoms with Crippen molar-refractivity contribution in [3.05, 3.63) is 70.3 Å². The fourth-order valence-electron chi connectivity index (χ4n) is 2.47.